The van der Waals surface area contributed by atoms with Gasteiger partial charge in [-0.05, 0) is 16.7 Å². The van der Waals surface area contributed by atoms with Gasteiger partial charge in [0.25, 0.3) is 5.56 Å². The Bertz CT molecular complexity index is 1120. The first-order chi connectivity index (χ1) is 15.2. The van der Waals surface area contributed by atoms with Gasteiger partial charge in [0.2, 0.25) is 0 Å². The van der Waals surface area contributed by atoms with Crippen LogP contribution in [0.2, 0.25) is 0 Å². The lowest BCUT2D eigenvalue weighted by molar-refractivity contribution is 0.780. The molecule has 0 radical (unpaired) electrons. The summed E-state index contributed by atoms with van der Waals surface area (Å²) in [6.07, 6.45) is 0. The molecule has 1 heterocycles. The van der Waals surface area contributed by atoms with Crippen LogP contribution in [-0.4, -0.2) is 9.97 Å². The molecule has 1 aromatic heterocycles. The van der Waals surface area contributed by atoms with E-state index < -0.39 is 0 Å². The van der Waals surface area contributed by atoms with E-state index in [1.165, 1.54) is 11.8 Å². The van der Waals surface area contributed by atoms with Gasteiger partial charge >= 0.3 is 0 Å². The Labute approximate surface area is 186 Å². The minimum absolute atomic E-state index is 0.227. The molecule has 6 heteroatoms. The molecule has 0 atom stereocenters. The van der Waals surface area contributed by atoms with Crippen molar-refractivity contribution in [3.63, 3.8) is 0 Å². The zero-order chi connectivity index (χ0) is 21.5. The molecule has 4 rings (SSSR count). The zero-order valence-electron chi connectivity index (χ0n) is 17.1. The molecule has 0 saturated carbocycles. The largest absolute Gasteiger partial charge is 0.382 e. The highest BCUT2D eigenvalue weighted by Gasteiger charge is 2.18. The summed E-state index contributed by atoms with van der Waals surface area (Å²) in [6, 6.07) is 30.2. The number of benzene rings is 3. The Morgan fingerprint density at radius 3 is 1.74 bits per heavy atom. The van der Waals surface area contributed by atoms with Crippen molar-refractivity contribution in [1.82, 2.24) is 9.97 Å². The number of hydrogen-bond acceptors (Lipinski definition) is 5. The standard InChI is InChI=1S/C25H24N4OS/c26-23-22(24(30)28-25(27-23)31-18-21-14-8-3-9-15-21)29(16-19-10-4-1-5-11-19)17-20-12-6-2-7-13-20/h1-15H,16-18H2,(H3,26,27,28,30). The number of rotatable bonds is 8. The van der Waals surface area contributed by atoms with Crippen molar-refractivity contribution in [2.24, 2.45) is 0 Å². The summed E-state index contributed by atoms with van der Waals surface area (Å²) in [5.74, 6) is 0.950. The molecule has 0 bridgehead atoms. The number of nitrogens with one attached hydrogen (secondary N) is 1. The second-order valence-corrected chi connectivity index (χ2v) is 8.17. The minimum atomic E-state index is -0.227. The lowest BCUT2D eigenvalue weighted by atomic mass is 10.1. The molecule has 0 aliphatic heterocycles. The van der Waals surface area contributed by atoms with Gasteiger partial charge < -0.3 is 10.6 Å². The third kappa shape index (κ3) is 5.55. The van der Waals surface area contributed by atoms with Crippen LogP contribution in [0.4, 0.5) is 11.5 Å². The van der Waals surface area contributed by atoms with E-state index in [9.17, 15) is 4.79 Å². The normalized spacial score (nSPS) is 10.7. The van der Waals surface area contributed by atoms with Crippen LogP contribution in [0.3, 0.4) is 0 Å². The van der Waals surface area contributed by atoms with Crippen molar-refractivity contribution >= 4 is 23.3 Å². The molecule has 4 aromatic rings. The molecule has 3 aromatic carbocycles. The van der Waals surface area contributed by atoms with E-state index in [4.69, 9.17) is 5.73 Å². The highest BCUT2D eigenvalue weighted by Crippen LogP contribution is 2.25. The molecule has 3 N–H and O–H groups in total. The van der Waals surface area contributed by atoms with Crippen LogP contribution in [0.15, 0.2) is 101 Å². The second-order valence-electron chi connectivity index (χ2n) is 7.21. The predicted octanol–water partition coefficient (Wildman–Crippen LogP) is 4.85. The molecular formula is C25H24N4OS. The van der Waals surface area contributed by atoms with E-state index in [-0.39, 0.29) is 11.4 Å². The molecule has 0 saturated heterocycles. The van der Waals surface area contributed by atoms with Crippen LogP contribution in [0.1, 0.15) is 16.7 Å². The quantitative estimate of drug-likeness (QED) is 0.310. The maximum absolute atomic E-state index is 13.1. The number of nitrogens with two attached hydrogens (primary N) is 1. The van der Waals surface area contributed by atoms with Gasteiger partial charge in [-0.3, -0.25) is 9.78 Å². The summed E-state index contributed by atoms with van der Waals surface area (Å²) < 4.78 is 0. The summed E-state index contributed by atoms with van der Waals surface area (Å²) >= 11 is 1.47. The maximum Gasteiger partial charge on any atom is 0.277 e. The van der Waals surface area contributed by atoms with Crippen LogP contribution in [0.5, 0.6) is 0 Å². The number of nitrogens with zero attached hydrogens (tertiary/aromatic N) is 2. The van der Waals surface area contributed by atoms with E-state index in [2.05, 4.69) is 9.97 Å². The average Bonchev–Trinajstić information content (AvgIpc) is 2.79. The summed E-state index contributed by atoms with van der Waals surface area (Å²) in [5.41, 5.74) is 9.84. The monoisotopic (exact) mass is 428 g/mol. The summed E-state index contributed by atoms with van der Waals surface area (Å²) in [6.45, 7) is 1.11. The van der Waals surface area contributed by atoms with Crippen molar-refractivity contribution in [3.05, 3.63) is 118 Å². The molecule has 0 fully saturated rings. The van der Waals surface area contributed by atoms with Gasteiger partial charge in [-0.1, -0.05) is 103 Å². The lowest BCUT2D eigenvalue weighted by Gasteiger charge is -2.25. The maximum atomic E-state index is 13.1. The van der Waals surface area contributed by atoms with Gasteiger partial charge in [-0.15, -0.1) is 0 Å². The number of hydrogen-bond donors (Lipinski definition) is 2. The fourth-order valence-electron chi connectivity index (χ4n) is 3.38. The van der Waals surface area contributed by atoms with Crippen molar-refractivity contribution < 1.29 is 0 Å². The Hall–Kier alpha value is -3.51. The smallest absolute Gasteiger partial charge is 0.277 e. The number of H-pyrrole nitrogens is 1. The first-order valence-corrected chi connectivity index (χ1v) is 11.1. The van der Waals surface area contributed by atoms with E-state index in [1.807, 2.05) is 95.9 Å². The Morgan fingerprint density at radius 1 is 0.774 bits per heavy atom. The summed E-state index contributed by atoms with van der Waals surface area (Å²) in [4.78, 5) is 22.5. The average molecular weight is 429 g/mol. The predicted molar refractivity (Wildman–Crippen MR) is 128 cm³/mol. The highest BCUT2D eigenvalue weighted by atomic mass is 32.2. The lowest BCUT2D eigenvalue weighted by Crippen LogP contribution is -2.30. The fourth-order valence-corrected chi connectivity index (χ4v) is 4.21. The van der Waals surface area contributed by atoms with Crippen LogP contribution < -0.4 is 16.2 Å². The van der Waals surface area contributed by atoms with Gasteiger partial charge in [-0.2, -0.15) is 0 Å². The van der Waals surface area contributed by atoms with Crippen molar-refractivity contribution in [1.29, 1.82) is 0 Å². The van der Waals surface area contributed by atoms with Gasteiger partial charge in [0.05, 0.1) is 0 Å². The van der Waals surface area contributed by atoms with E-state index >= 15 is 0 Å². The number of aromatic nitrogens is 2. The molecular weight excluding hydrogens is 404 g/mol. The van der Waals surface area contributed by atoms with Gasteiger partial charge in [0.1, 0.15) is 5.69 Å². The van der Waals surface area contributed by atoms with Crippen molar-refractivity contribution in [2.75, 3.05) is 10.6 Å². The third-order valence-corrected chi connectivity index (χ3v) is 5.81. The number of aromatic amines is 1. The Balaban J connectivity index is 1.61. The first kappa shape index (κ1) is 20.8. The first-order valence-electron chi connectivity index (χ1n) is 10.1. The molecule has 0 aliphatic carbocycles. The molecule has 156 valence electrons. The molecule has 0 aliphatic rings. The summed E-state index contributed by atoms with van der Waals surface area (Å²) in [5, 5.41) is 0.523. The second kappa shape index (κ2) is 10.00. The van der Waals surface area contributed by atoms with Crippen LogP contribution in [0.25, 0.3) is 0 Å². The van der Waals surface area contributed by atoms with Gasteiger partial charge in [0, 0.05) is 18.8 Å². The Kier molecular flexibility index (Phi) is 6.69. The molecule has 5 nitrogen and oxygen atoms in total. The highest BCUT2D eigenvalue weighted by molar-refractivity contribution is 7.98. The van der Waals surface area contributed by atoms with E-state index in [0.29, 0.717) is 29.7 Å². The van der Waals surface area contributed by atoms with Gasteiger partial charge in [-0.25, -0.2) is 4.98 Å². The van der Waals surface area contributed by atoms with E-state index in [0.717, 1.165) is 16.7 Å². The van der Waals surface area contributed by atoms with Crippen molar-refractivity contribution in [2.45, 2.75) is 24.0 Å². The number of thioether (sulfide) groups is 1. The summed E-state index contributed by atoms with van der Waals surface area (Å²) in [7, 11) is 0. The number of nitrogen functional groups attached to an aromatic ring is 1. The number of anilines is 2. The van der Waals surface area contributed by atoms with Crippen LogP contribution in [0, 0.1) is 0 Å². The fraction of sp³-hybridized carbons (Fsp3) is 0.120. The molecule has 0 spiro atoms. The molecule has 0 unspecified atom stereocenters. The third-order valence-electron chi connectivity index (χ3n) is 4.87. The zero-order valence-corrected chi connectivity index (χ0v) is 17.9. The minimum Gasteiger partial charge on any atom is -0.382 e. The van der Waals surface area contributed by atoms with Crippen molar-refractivity contribution in [3.8, 4) is 0 Å². The molecule has 0 amide bonds. The SMILES string of the molecule is Nc1nc(SCc2ccccc2)[nH]c(=O)c1N(Cc1ccccc1)Cc1ccccc1. The Morgan fingerprint density at radius 2 is 1.26 bits per heavy atom. The molecule has 31 heavy (non-hydrogen) atoms. The van der Waals surface area contributed by atoms with E-state index in [1.54, 1.807) is 0 Å². The van der Waals surface area contributed by atoms with Gasteiger partial charge in [0.15, 0.2) is 11.0 Å². The topological polar surface area (TPSA) is 75.0 Å². The van der Waals surface area contributed by atoms with Crippen LogP contribution >= 0.6 is 11.8 Å². The van der Waals surface area contributed by atoms with Crippen LogP contribution in [-0.2, 0) is 18.8 Å².